The molecule has 0 spiro atoms. The van der Waals surface area contributed by atoms with Gasteiger partial charge >= 0.3 is 0 Å². The SMILES string of the molecule is CCC1CCC(Nc2ncc(C)c(-c3cnc4ccc(-c5ccccc5)cn34)n2)CC1. The maximum absolute atomic E-state index is 4.92. The average Bonchev–Trinajstić information content (AvgIpc) is 3.24. The molecule has 0 bridgehead atoms. The number of pyridine rings is 1. The summed E-state index contributed by atoms with van der Waals surface area (Å²) >= 11 is 0. The average molecular weight is 412 g/mol. The van der Waals surface area contributed by atoms with Gasteiger partial charge < -0.3 is 5.32 Å². The number of aryl methyl sites for hydroxylation is 1. The molecule has 5 heteroatoms. The summed E-state index contributed by atoms with van der Waals surface area (Å²) in [4.78, 5) is 14.1. The maximum atomic E-state index is 4.92. The number of benzene rings is 1. The van der Waals surface area contributed by atoms with Gasteiger partial charge in [0.05, 0.1) is 17.6 Å². The van der Waals surface area contributed by atoms with E-state index in [0.717, 1.165) is 40.0 Å². The number of nitrogens with one attached hydrogen (secondary N) is 1. The quantitative estimate of drug-likeness (QED) is 0.428. The number of anilines is 1. The predicted octanol–water partition coefficient (Wildman–Crippen LogP) is 6.15. The summed E-state index contributed by atoms with van der Waals surface area (Å²) in [5.41, 5.74) is 6.23. The van der Waals surface area contributed by atoms with Crippen molar-refractivity contribution in [1.29, 1.82) is 0 Å². The molecule has 5 nitrogen and oxygen atoms in total. The van der Waals surface area contributed by atoms with Crippen LogP contribution in [0, 0.1) is 12.8 Å². The zero-order valence-electron chi connectivity index (χ0n) is 18.3. The van der Waals surface area contributed by atoms with Gasteiger partial charge in [-0.1, -0.05) is 43.7 Å². The number of aromatic nitrogens is 4. The Balaban J connectivity index is 1.46. The highest BCUT2D eigenvalue weighted by molar-refractivity contribution is 5.69. The van der Waals surface area contributed by atoms with Crippen LogP contribution in [0.15, 0.2) is 61.1 Å². The van der Waals surface area contributed by atoms with Gasteiger partial charge in [-0.25, -0.2) is 15.0 Å². The molecule has 3 heterocycles. The summed E-state index contributed by atoms with van der Waals surface area (Å²) in [6.07, 6.45) is 12.2. The number of hydrogen-bond acceptors (Lipinski definition) is 4. The first-order chi connectivity index (χ1) is 15.2. The van der Waals surface area contributed by atoms with Gasteiger partial charge in [0.15, 0.2) is 0 Å². The Morgan fingerprint density at radius 3 is 2.52 bits per heavy atom. The number of hydrogen-bond donors (Lipinski definition) is 1. The molecule has 1 aliphatic carbocycles. The molecule has 158 valence electrons. The Morgan fingerprint density at radius 2 is 1.74 bits per heavy atom. The zero-order valence-corrected chi connectivity index (χ0v) is 18.3. The highest BCUT2D eigenvalue weighted by atomic mass is 15.1. The molecule has 1 saturated carbocycles. The van der Waals surface area contributed by atoms with Crippen molar-refractivity contribution in [3.8, 4) is 22.5 Å². The topological polar surface area (TPSA) is 55.1 Å². The summed E-state index contributed by atoms with van der Waals surface area (Å²) in [5, 5.41) is 3.59. The third kappa shape index (κ3) is 4.05. The smallest absolute Gasteiger partial charge is 0.223 e. The van der Waals surface area contributed by atoms with Gasteiger partial charge in [-0.2, -0.15) is 0 Å². The van der Waals surface area contributed by atoms with E-state index < -0.39 is 0 Å². The summed E-state index contributed by atoms with van der Waals surface area (Å²) in [6, 6.07) is 15.1. The van der Waals surface area contributed by atoms with E-state index >= 15 is 0 Å². The van der Waals surface area contributed by atoms with Crippen LogP contribution >= 0.6 is 0 Å². The molecule has 0 unspecified atom stereocenters. The van der Waals surface area contributed by atoms with E-state index in [2.05, 4.69) is 76.1 Å². The van der Waals surface area contributed by atoms with Crippen molar-refractivity contribution in [2.75, 3.05) is 5.32 Å². The minimum atomic E-state index is 0.463. The Hall–Kier alpha value is -3.21. The third-order valence-electron chi connectivity index (χ3n) is 6.58. The van der Waals surface area contributed by atoms with Gasteiger partial charge in [-0.05, 0) is 67.3 Å². The van der Waals surface area contributed by atoms with Crippen LogP contribution in [-0.2, 0) is 0 Å². The van der Waals surface area contributed by atoms with Crippen molar-refractivity contribution in [1.82, 2.24) is 19.4 Å². The molecule has 0 aliphatic heterocycles. The first kappa shape index (κ1) is 19.7. The standard InChI is InChI=1S/C26H29N5/c1-3-19-9-12-22(13-10-19)29-26-28-15-18(2)25(30-26)23-16-27-24-14-11-21(17-31(23)24)20-7-5-4-6-8-20/h4-8,11,14-17,19,22H,3,9-10,12-13H2,1-2H3,(H,28,29,30). The van der Waals surface area contributed by atoms with Gasteiger partial charge in [0.1, 0.15) is 5.65 Å². The minimum Gasteiger partial charge on any atom is -0.351 e. The van der Waals surface area contributed by atoms with Crippen molar-refractivity contribution in [3.05, 3.63) is 66.6 Å². The van der Waals surface area contributed by atoms with Gasteiger partial charge in [0, 0.05) is 18.4 Å². The summed E-state index contributed by atoms with van der Waals surface area (Å²) < 4.78 is 2.13. The fraction of sp³-hybridized carbons (Fsp3) is 0.346. The molecule has 1 fully saturated rings. The molecule has 31 heavy (non-hydrogen) atoms. The molecule has 5 rings (SSSR count). The molecule has 1 N–H and O–H groups in total. The van der Waals surface area contributed by atoms with Crippen molar-refractivity contribution in [3.63, 3.8) is 0 Å². The molecule has 0 radical (unpaired) electrons. The summed E-state index contributed by atoms with van der Waals surface area (Å²) in [6.45, 7) is 4.36. The van der Waals surface area contributed by atoms with Crippen LogP contribution in [0.25, 0.3) is 28.2 Å². The number of nitrogens with zero attached hydrogens (tertiary/aromatic N) is 4. The van der Waals surface area contributed by atoms with Gasteiger partial charge in [0.25, 0.3) is 0 Å². The summed E-state index contributed by atoms with van der Waals surface area (Å²) in [7, 11) is 0. The van der Waals surface area contributed by atoms with E-state index in [1.54, 1.807) is 0 Å². The molecule has 0 saturated heterocycles. The van der Waals surface area contributed by atoms with Crippen LogP contribution < -0.4 is 5.32 Å². The normalized spacial score (nSPS) is 18.9. The Labute approximate surface area is 183 Å². The molecule has 4 aromatic rings. The Morgan fingerprint density at radius 1 is 0.935 bits per heavy atom. The van der Waals surface area contributed by atoms with E-state index in [1.165, 1.54) is 37.7 Å². The third-order valence-corrected chi connectivity index (χ3v) is 6.58. The van der Waals surface area contributed by atoms with Gasteiger partial charge in [0.2, 0.25) is 5.95 Å². The van der Waals surface area contributed by atoms with E-state index in [-0.39, 0.29) is 0 Å². The van der Waals surface area contributed by atoms with Crippen LogP contribution in [-0.4, -0.2) is 25.4 Å². The predicted molar refractivity (Wildman–Crippen MR) is 126 cm³/mol. The highest BCUT2D eigenvalue weighted by Gasteiger charge is 2.21. The van der Waals surface area contributed by atoms with Crippen LogP contribution in [0.3, 0.4) is 0 Å². The second-order valence-corrected chi connectivity index (χ2v) is 8.65. The monoisotopic (exact) mass is 411 g/mol. The lowest BCUT2D eigenvalue weighted by molar-refractivity contribution is 0.329. The molecule has 0 amide bonds. The van der Waals surface area contributed by atoms with Crippen LogP contribution in [0.1, 0.15) is 44.6 Å². The Bertz CT molecular complexity index is 1170. The van der Waals surface area contributed by atoms with Gasteiger partial charge in [-0.15, -0.1) is 0 Å². The Kier molecular flexibility index (Phi) is 5.41. The molecule has 0 atom stereocenters. The van der Waals surface area contributed by atoms with Crippen molar-refractivity contribution in [2.45, 2.75) is 52.0 Å². The van der Waals surface area contributed by atoms with E-state index in [4.69, 9.17) is 4.98 Å². The molecule has 3 aromatic heterocycles. The first-order valence-corrected chi connectivity index (χ1v) is 11.3. The second kappa shape index (κ2) is 8.50. The zero-order chi connectivity index (χ0) is 21.2. The van der Waals surface area contributed by atoms with Crippen molar-refractivity contribution < 1.29 is 0 Å². The molecular formula is C26H29N5. The summed E-state index contributed by atoms with van der Waals surface area (Å²) in [5.74, 6) is 1.60. The van der Waals surface area contributed by atoms with Crippen LogP contribution in [0.2, 0.25) is 0 Å². The van der Waals surface area contributed by atoms with E-state index in [9.17, 15) is 0 Å². The lowest BCUT2D eigenvalue weighted by Crippen LogP contribution is -2.26. The number of fused-ring (bicyclic) bond motifs is 1. The largest absolute Gasteiger partial charge is 0.351 e. The minimum absolute atomic E-state index is 0.463. The van der Waals surface area contributed by atoms with Gasteiger partial charge in [-0.3, -0.25) is 4.40 Å². The fourth-order valence-corrected chi connectivity index (χ4v) is 4.63. The molecule has 1 aliphatic rings. The lowest BCUT2D eigenvalue weighted by atomic mass is 9.85. The fourth-order valence-electron chi connectivity index (χ4n) is 4.63. The lowest BCUT2D eigenvalue weighted by Gasteiger charge is -2.28. The number of rotatable bonds is 5. The number of imidazole rings is 1. The van der Waals surface area contributed by atoms with E-state index in [1.807, 2.05) is 18.5 Å². The maximum Gasteiger partial charge on any atom is 0.223 e. The van der Waals surface area contributed by atoms with Crippen LogP contribution in [0.5, 0.6) is 0 Å². The molecular weight excluding hydrogens is 382 g/mol. The van der Waals surface area contributed by atoms with E-state index in [0.29, 0.717) is 6.04 Å². The van der Waals surface area contributed by atoms with Crippen molar-refractivity contribution in [2.24, 2.45) is 5.92 Å². The second-order valence-electron chi connectivity index (χ2n) is 8.65. The first-order valence-electron chi connectivity index (χ1n) is 11.3. The van der Waals surface area contributed by atoms with Crippen molar-refractivity contribution >= 4 is 11.6 Å². The van der Waals surface area contributed by atoms with Crippen LogP contribution in [0.4, 0.5) is 5.95 Å². The molecule has 1 aromatic carbocycles. The highest BCUT2D eigenvalue weighted by Crippen LogP contribution is 2.29.